The van der Waals surface area contributed by atoms with Gasteiger partial charge in [-0.25, -0.2) is 0 Å². The molecule has 0 saturated carbocycles. The minimum absolute atomic E-state index is 0.155. The Bertz CT molecular complexity index is 686. The van der Waals surface area contributed by atoms with E-state index in [9.17, 15) is 0 Å². The Morgan fingerprint density at radius 2 is 1.96 bits per heavy atom. The summed E-state index contributed by atoms with van der Waals surface area (Å²) in [4.78, 5) is 2.45. The first-order valence-electron chi connectivity index (χ1n) is 8.27. The number of ether oxygens (including phenoxy) is 4. The van der Waals surface area contributed by atoms with Gasteiger partial charge in [0.25, 0.3) is 0 Å². The number of likely N-dealkylation sites (N-methyl/N-ethyl adjacent to an activating group) is 1. The van der Waals surface area contributed by atoms with E-state index >= 15 is 0 Å². The summed E-state index contributed by atoms with van der Waals surface area (Å²) in [5.41, 5.74) is 3.93. The number of hydrogen-bond donors (Lipinski definition) is 0. The lowest BCUT2D eigenvalue weighted by Gasteiger charge is -2.44. The second-order valence-electron chi connectivity index (χ2n) is 6.79. The molecule has 3 aliphatic heterocycles. The van der Waals surface area contributed by atoms with Crippen molar-refractivity contribution in [3.63, 3.8) is 0 Å². The molecule has 5 heteroatoms. The van der Waals surface area contributed by atoms with Crippen LogP contribution in [0.5, 0.6) is 11.5 Å². The molecule has 1 aromatic rings. The first kappa shape index (κ1) is 13.8. The van der Waals surface area contributed by atoms with Crippen LogP contribution in [0.4, 0.5) is 0 Å². The SMILES string of the molecule is COC1OC2CC=C3CCN(C)C3C2c2cc3c(cc21)OCO3. The summed E-state index contributed by atoms with van der Waals surface area (Å²) < 4.78 is 23.1. The van der Waals surface area contributed by atoms with Gasteiger partial charge in [0.15, 0.2) is 17.8 Å². The van der Waals surface area contributed by atoms with Gasteiger partial charge in [-0.05, 0) is 37.6 Å². The van der Waals surface area contributed by atoms with Gasteiger partial charge < -0.3 is 18.9 Å². The van der Waals surface area contributed by atoms with Crippen molar-refractivity contribution in [2.75, 3.05) is 27.5 Å². The zero-order valence-corrected chi connectivity index (χ0v) is 13.5. The van der Waals surface area contributed by atoms with Gasteiger partial charge in [0, 0.05) is 31.2 Å². The van der Waals surface area contributed by atoms with Crippen LogP contribution in [0.15, 0.2) is 23.8 Å². The summed E-state index contributed by atoms with van der Waals surface area (Å²) in [5, 5.41) is 0. The fraction of sp³-hybridized carbons (Fsp3) is 0.556. The Balaban J connectivity index is 1.67. The van der Waals surface area contributed by atoms with Crippen LogP contribution >= 0.6 is 0 Å². The van der Waals surface area contributed by atoms with Crippen LogP contribution in [0.3, 0.4) is 0 Å². The molecular formula is C18H21NO4. The molecule has 0 bridgehead atoms. The molecule has 5 rings (SSSR count). The maximum absolute atomic E-state index is 6.29. The smallest absolute Gasteiger partial charge is 0.231 e. The third-order valence-electron chi connectivity index (χ3n) is 5.66. The predicted molar refractivity (Wildman–Crippen MR) is 83.7 cm³/mol. The van der Waals surface area contributed by atoms with Crippen LogP contribution in [-0.2, 0) is 9.47 Å². The maximum Gasteiger partial charge on any atom is 0.231 e. The monoisotopic (exact) mass is 315 g/mol. The van der Waals surface area contributed by atoms with Gasteiger partial charge in [-0.1, -0.05) is 11.6 Å². The van der Waals surface area contributed by atoms with E-state index in [0.717, 1.165) is 36.4 Å². The predicted octanol–water partition coefficient (Wildman–Crippen LogP) is 2.58. The fourth-order valence-electron chi connectivity index (χ4n) is 4.61. The van der Waals surface area contributed by atoms with Gasteiger partial charge >= 0.3 is 0 Å². The molecule has 1 saturated heterocycles. The lowest BCUT2D eigenvalue weighted by molar-refractivity contribution is -0.179. The number of methoxy groups -OCH3 is 1. The van der Waals surface area contributed by atoms with E-state index in [-0.39, 0.29) is 12.4 Å². The van der Waals surface area contributed by atoms with Crippen molar-refractivity contribution < 1.29 is 18.9 Å². The Morgan fingerprint density at radius 1 is 1.17 bits per heavy atom. The Labute approximate surface area is 135 Å². The van der Waals surface area contributed by atoms with Crippen LogP contribution in [0.25, 0.3) is 0 Å². The van der Waals surface area contributed by atoms with Crippen LogP contribution in [-0.4, -0.2) is 44.5 Å². The quantitative estimate of drug-likeness (QED) is 0.745. The third kappa shape index (κ3) is 1.90. The summed E-state index contributed by atoms with van der Waals surface area (Å²) in [7, 11) is 3.91. The zero-order valence-electron chi connectivity index (χ0n) is 13.5. The molecule has 3 heterocycles. The topological polar surface area (TPSA) is 40.2 Å². The number of nitrogens with zero attached hydrogens (tertiary/aromatic N) is 1. The molecule has 122 valence electrons. The Morgan fingerprint density at radius 3 is 2.74 bits per heavy atom. The van der Waals surface area contributed by atoms with E-state index in [1.54, 1.807) is 12.7 Å². The highest BCUT2D eigenvalue weighted by Gasteiger charge is 2.47. The Kier molecular flexibility index (Phi) is 2.99. The lowest BCUT2D eigenvalue weighted by Crippen LogP contribution is -2.45. The van der Waals surface area contributed by atoms with E-state index in [4.69, 9.17) is 18.9 Å². The van der Waals surface area contributed by atoms with Crippen LogP contribution in [0.2, 0.25) is 0 Å². The number of rotatable bonds is 1. The highest BCUT2D eigenvalue weighted by molar-refractivity contribution is 5.53. The second-order valence-corrected chi connectivity index (χ2v) is 6.79. The molecule has 4 aliphatic rings. The molecular weight excluding hydrogens is 294 g/mol. The van der Waals surface area contributed by atoms with Gasteiger partial charge in [-0.15, -0.1) is 0 Å². The van der Waals surface area contributed by atoms with Crippen molar-refractivity contribution in [2.45, 2.75) is 37.2 Å². The maximum atomic E-state index is 6.29. The lowest BCUT2D eigenvalue weighted by atomic mass is 9.74. The highest BCUT2D eigenvalue weighted by Crippen LogP contribution is 2.51. The summed E-state index contributed by atoms with van der Waals surface area (Å²) in [6.07, 6.45) is 4.32. The molecule has 23 heavy (non-hydrogen) atoms. The fourth-order valence-corrected chi connectivity index (χ4v) is 4.61. The number of fused-ring (bicyclic) bond motifs is 6. The largest absolute Gasteiger partial charge is 0.454 e. The van der Waals surface area contributed by atoms with Crippen LogP contribution in [0, 0.1) is 0 Å². The molecule has 1 aliphatic carbocycles. The number of hydrogen-bond acceptors (Lipinski definition) is 5. The van der Waals surface area contributed by atoms with E-state index in [0.29, 0.717) is 18.8 Å². The molecule has 0 radical (unpaired) electrons. The normalized spacial score (nSPS) is 34.6. The summed E-state index contributed by atoms with van der Waals surface area (Å²) in [5.74, 6) is 1.97. The van der Waals surface area contributed by atoms with Crippen LogP contribution < -0.4 is 9.47 Å². The van der Waals surface area contributed by atoms with E-state index in [1.165, 1.54) is 5.56 Å². The van der Waals surface area contributed by atoms with Crippen LogP contribution in [0.1, 0.15) is 36.2 Å². The van der Waals surface area contributed by atoms with Gasteiger partial charge in [0.05, 0.1) is 6.10 Å². The Hall–Kier alpha value is -1.56. The van der Waals surface area contributed by atoms with Crippen molar-refractivity contribution in [1.82, 2.24) is 4.90 Å². The van der Waals surface area contributed by atoms with E-state index in [1.807, 2.05) is 6.07 Å². The average molecular weight is 315 g/mol. The molecule has 1 aromatic carbocycles. The van der Waals surface area contributed by atoms with E-state index < -0.39 is 0 Å². The molecule has 4 unspecified atom stereocenters. The minimum Gasteiger partial charge on any atom is -0.454 e. The highest BCUT2D eigenvalue weighted by atomic mass is 16.7. The minimum atomic E-state index is -0.331. The molecule has 5 nitrogen and oxygen atoms in total. The average Bonchev–Trinajstić information content (AvgIpc) is 3.18. The van der Waals surface area contributed by atoms with Crippen molar-refractivity contribution >= 4 is 0 Å². The zero-order chi connectivity index (χ0) is 15.6. The summed E-state index contributed by atoms with van der Waals surface area (Å²) >= 11 is 0. The standard InChI is InChI=1S/C18H21NO4/c1-19-6-5-10-3-4-13-16(17(10)19)11-7-14-15(22-9-21-14)8-12(11)18(20-2)23-13/h3,7-8,13,16-18H,4-6,9H2,1-2H3. The van der Waals surface area contributed by atoms with Crippen molar-refractivity contribution in [1.29, 1.82) is 0 Å². The molecule has 0 spiro atoms. The van der Waals surface area contributed by atoms with Gasteiger partial charge in [0.2, 0.25) is 6.79 Å². The molecule has 0 N–H and O–H groups in total. The molecule has 0 aromatic heterocycles. The summed E-state index contributed by atoms with van der Waals surface area (Å²) in [6, 6.07) is 4.61. The van der Waals surface area contributed by atoms with Gasteiger partial charge in [-0.3, -0.25) is 4.90 Å². The molecule has 0 amide bonds. The van der Waals surface area contributed by atoms with Crippen molar-refractivity contribution in [3.8, 4) is 11.5 Å². The van der Waals surface area contributed by atoms with Gasteiger partial charge in [-0.2, -0.15) is 0 Å². The van der Waals surface area contributed by atoms with Gasteiger partial charge in [0.1, 0.15) is 0 Å². The first-order chi connectivity index (χ1) is 11.3. The number of benzene rings is 1. The second kappa shape index (κ2) is 4.97. The van der Waals surface area contributed by atoms with E-state index in [2.05, 4.69) is 24.1 Å². The van der Waals surface area contributed by atoms with Crippen molar-refractivity contribution in [2.24, 2.45) is 0 Å². The third-order valence-corrected chi connectivity index (χ3v) is 5.66. The summed E-state index contributed by atoms with van der Waals surface area (Å²) in [6.45, 7) is 1.41. The molecule has 4 atom stereocenters. The first-order valence-corrected chi connectivity index (χ1v) is 8.27. The number of likely N-dealkylation sites (tertiary alicyclic amines) is 1. The molecule has 1 fully saturated rings. The van der Waals surface area contributed by atoms with Crippen molar-refractivity contribution in [3.05, 3.63) is 34.9 Å².